The van der Waals surface area contributed by atoms with Gasteiger partial charge in [-0.1, -0.05) is 37.1 Å². The average Bonchev–Trinajstić information content (AvgIpc) is 2.79. The fourth-order valence-electron chi connectivity index (χ4n) is 2.12. The van der Waals surface area contributed by atoms with Gasteiger partial charge in [0.2, 0.25) is 0 Å². The van der Waals surface area contributed by atoms with E-state index in [4.69, 9.17) is 11.6 Å². The minimum absolute atomic E-state index is 0.436. The van der Waals surface area contributed by atoms with E-state index in [1.807, 2.05) is 24.3 Å². The van der Waals surface area contributed by atoms with Gasteiger partial charge in [-0.25, -0.2) is 0 Å². The van der Waals surface area contributed by atoms with Crippen LogP contribution in [0.25, 0.3) is 0 Å². The van der Waals surface area contributed by atoms with Gasteiger partial charge in [0, 0.05) is 5.02 Å². The molecule has 1 aromatic rings. The molecule has 2 atom stereocenters. The first-order valence-electron chi connectivity index (χ1n) is 5.15. The molecule has 2 heteroatoms. The quantitative estimate of drug-likeness (QED) is 0.812. The van der Waals surface area contributed by atoms with E-state index in [-0.39, 0.29) is 0 Å². The smallest absolute Gasteiger partial charge is 0.0930 e. The second-order valence-corrected chi connectivity index (χ2v) is 4.56. The first-order valence-corrected chi connectivity index (χ1v) is 5.53. The predicted octanol–water partition coefficient (Wildman–Crippen LogP) is 3.35. The van der Waals surface area contributed by atoms with Crippen LogP contribution < -0.4 is 0 Å². The average molecular weight is 211 g/mol. The Hall–Kier alpha value is -0.530. The van der Waals surface area contributed by atoms with Crippen molar-refractivity contribution in [2.24, 2.45) is 5.92 Å². The Morgan fingerprint density at radius 1 is 1.57 bits per heavy atom. The summed E-state index contributed by atoms with van der Waals surface area (Å²) in [6.45, 7) is 2.15. The molecule has 2 rings (SSSR count). The molecule has 1 aliphatic rings. The van der Waals surface area contributed by atoms with Gasteiger partial charge in [0.1, 0.15) is 0 Å². The molecule has 76 valence electrons. The fourth-order valence-corrected chi connectivity index (χ4v) is 2.31. The number of rotatable bonds is 3. The van der Waals surface area contributed by atoms with Crippen LogP contribution in [0, 0.1) is 5.92 Å². The van der Waals surface area contributed by atoms with Crippen molar-refractivity contribution in [3.8, 4) is 0 Å². The SMILES string of the molecule is CCCC1CC1(O)c1cccc(Cl)c1. The topological polar surface area (TPSA) is 20.2 Å². The maximum Gasteiger partial charge on any atom is 0.0930 e. The van der Waals surface area contributed by atoms with Crippen molar-refractivity contribution in [1.29, 1.82) is 0 Å². The molecule has 0 aliphatic heterocycles. The van der Waals surface area contributed by atoms with E-state index in [9.17, 15) is 5.11 Å². The summed E-state index contributed by atoms with van der Waals surface area (Å²) in [5.74, 6) is 0.436. The zero-order chi connectivity index (χ0) is 10.2. The monoisotopic (exact) mass is 210 g/mol. The molecule has 0 saturated heterocycles. The maximum absolute atomic E-state index is 10.3. The fraction of sp³-hybridized carbons (Fsp3) is 0.500. The van der Waals surface area contributed by atoms with Gasteiger partial charge >= 0.3 is 0 Å². The number of hydrogen-bond acceptors (Lipinski definition) is 1. The highest BCUT2D eigenvalue weighted by molar-refractivity contribution is 6.30. The third kappa shape index (κ3) is 1.67. The lowest BCUT2D eigenvalue weighted by molar-refractivity contribution is 0.129. The Bertz CT molecular complexity index is 337. The number of benzene rings is 1. The van der Waals surface area contributed by atoms with Crippen LogP contribution in [0.5, 0.6) is 0 Å². The predicted molar refractivity (Wildman–Crippen MR) is 58.4 cm³/mol. The van der Waals surface area contributed by atoms with Gasteiger partial charge in [-0.2, -0.15) is 0 Å². The minimum Gasteiger partial charge on any atom is -0.385 e. The summed E-state index contributed by atoms with van der Waals surface area (Å²) in [6, 6.07) is 7.57. The Morgan fingerprint density at radius 2 is 2.36 bits per heavy atom. The Kier molecular flexibility index (Phi) is 2.54. The molecule has 0 aromatic heterocycles. The molecule has 1 nitrogen and oxygen atoms in total. The van der Waals surface area contributed by atoms with Crippen LogP contribution in [0.1, 0.15) is 31.7 Å². The lowest BCUT2D eigenvalue weighted by Gasteiger charge is -2.10. The van der Waals surface area contributed by atoms with Crippen LogP contribution in [0.4, 0.5) is 0 Å². The van der Waals surface area contributed by atoms with Crippen LogP contribution in [-0.2, 0) is 5.60 Å². The Labute approximate surface area is 89.7 Å². The van der Waals surface area contributed by atoms with Crippen molar-refractivity contribution in [3.63, 3.8) is 0 Å². The zero-order valence-corrected chi connectivity index (χ0v) is 9.09. The third-order valence-electron chi connectivity index (χ3n) is 3.03. The van der Waals surface area contributed by atoms with Crippen molar-refractivity contribution in [2.75, 3.05) is 0 Å². The molecular weight excluding hydrogens is 196 g/mol. The van der Waals surface area contributed by atoms with Gasteiger partial charge in [-0.05, 0) is 36.5 Å². The van der Waals surface area contributed by atoms with Crippen LogP contribution in [0.2, 0.25) is 5.02 Å². The molecule has 0 heterocycles. The third-order valence-corrected chi connectivity index (χ3v) is 3.27. The summed E-state index contributed by atoms with van der Waals surface area (Å²) in [6.07, 6.45) is 3.12. The van der Waals surface area contributed by atoms with Gasteiger partial charge in [-0.15, -0.1) is 0 Å². The summed E-state index contributed by atoms with van der Waals surface area (Å²) in [4.78, 5) is 0. The van der Waals surface area contributed by atoms with E-state index < -0.39 is 5.60 Å². The highest BCUT2D eigenvalue weighted by Crippen LogP contribution is 2.54. The van der Waals surface area contributed by atoms with Crippen molar-refractivity contribution in [3.05, 3.63) is 34.9 Å². The molecule has 1 fully saturated rings. The van der Waals surface area contributed by atoms with Crippen molar-refractivity contribution >= 4 is 11.6 Å². The summed E-state index contributed by atoms with van der Waals surface area (Å²) in [5, 5.41) is 11.0. The van der Waals surface area contributed by atoms with E-state index in [0.717, 1.165) is 24.8 Å². The van der Waals surface area contributed by atoms with Gasteiger partial charge in [0.25, 0.3) is 0 Å². The number of halogens is 1. The first kappa shape index (κ1) is 10.0. The number of aliphatic hydroxyl groups is 1. The standard InChI is InChI=1S/C12H15ClO/c1-2-4-10-8-12(10,14)9-5-3-6-11(13)7-9/h3,5-7,10,14H,2,4,8H2,1H3. The molecule has 0 radical (unpaired) electrons. The summed E-state index contributed by atoms with van der Waals surface area (Å²) in [5.41, 5.74) is 0.393. The maximum atomic E-state index is 10.3. The van der Waals surface area contributed by atoms with E-state index in [1.54, 1.807) is 0 Å². The van der Waals surface area contributed by atoms with Gasteiger partial charge in [-0.3, -0.25) is 0 Å². The molecule has 14 heavy (non-hydrogen) atoms. The number of hydrogen-bond donors (Lipinski definition) is 1. The van der Waals surface area contributed by atoms with E-state index in [2.05, 4.69) is 6.92 Å². The molecule has 0 bridgehead atoms. The van der Waals surface area contributed by atoms with Crippen LogP contribution in [0.3, 0.4) is 0 Å². The Balaban J connectivity index is 2.17. The van der Waals surface area contributed by atoms with Crippen LogP contribution in [0.15, 0.2) is 24.3 Å². The minimum atomic E-state index is -0.582. The molecule has 1 aromatic carbocycles. The van der Waals surface area contributed by atoms with E-state index in [1.165, 1.54) is 0 Å². The van der Waals surface area contributed by atoms with Crippen molar-refractivity contribution in [2.45, 2.75) is 31.8 Å². The van der Waals surface area contributed by atoms with E-state index in [0.29, 0.717) is 10.9 Å². The highest BCUT2D eigenvalue weighted by Gasteiger charge is 2.53. The van der Waals surface area contributed by atoms with Crippen molar-refractivity contribution < 1.29 is 5.11 Å². The summed E-state index contributed by atoms with van der Waals surface area (Å²) in [7, 11) is 0. The van der Waals surface area contributed by atoms with Gasteiger partial charge < -0.3 is 5.11 Å². The second-order valence-electron chi connectivity index (χ2n) is 4.12. The van der Waals surface area contributed by atoms with Gasteiger partial charge in [0.15, 0.2) is 0 Å². The molecule has 1 N–H and O–H groups in total. The molecular formula is C12H15ClO. The molecule has 2 unspecified atom stereocenters. The highest BCUT2D eigenvalue weighted by atomic mass is 35.5. The zero-order valence-electron chi connectivity index (χ0n) is 8.33. The first-order chi connectivity index (χ1) is 6.66. The molecule has 0 spiro atoms. The molecule has 1 saturated carbocycles. The second kappa shape index (κ2) is 3.56. The summed E-state index contributed by atoms with van der Waals surface area (Å²) >= 11 is 5.89. The lowest BCUT2D eigenvalue weighted by atomic mass is 10.0. The lowest BCUT2D eigenvalue weighted by Crippen LogP contribution is -2.08. The van der Waals surface area contributed by atoms with Gasteiger partial charge in [0.05, 0.1) is 5.60 Å². The van der Waals surface area contributed by atoms with Crippen LogP contribution >= 0.6 is 11.6 Å². The largest absolute Gasteiger partial charge is 0.385 e. The van der Waals surface area contributed by atoms with Crippen LogP contribution in [-0.4, -0.2) is 5.11 Å². The van der Waals surface area contributed by atoms with E-state index >= 15 is 0 Å². The summed E-state index contributed by atoms with van der Waals surface area (Å²) < 4.78 is 0. The normalized spacial score (nSPS) is 30.4. The van der Waals surface area contributed by atoms with Crippen molar-refractivity contribution in [1.82, 2.24) is 0 Å². The molecule has 1 aliphatic carbocycles. The molecule has 0 amide bonds. The Morgan fingerprint density at radius 3 is 3.00 bits per heavy atom.